The predicted molar refractivity (Wildman–Crippen MR) is 193 cm³/mol. The minimum atomic E-state index is -5.08. The molecule has 318 valence electrons. The highest BCUT2D eigenvalue weighted by atomic mass is 19.4. The van der Waals surface area contributed by atoms with Crippen molar-refractivity contribution >= 4 is 40.1 Å². The number of carboxylic acids is 2. The van der Waals surface area contributed by atoms with Gasteiger partial charge in [-0.3, -0.25) is 4.79 Å². The molecule has 0 saturated heterocycles. The van der Waals surface area contributed by atoms with Gasteiger partial charge in [0.2, 0.25) is 5.91 Å². The Bertz CT molecular complexity index is 2200. The topological polar surface area (TPSA) is 182 Å². The molecule has 2 aromatic heterocycles. The fourth-order valence-corrected chi connectivity index (χ4v) is 5.04. The van der Waals surface area contributed by atoms with Gasteiger partial charge in [-0.15, -0.1) is 0 Å². The third-order valence-corrected chi connectivity index (χ3v) is 7.67. The number of hydrogen-bond donors (Lipinski definition) is 5. The van der Waals surface area contributed by atoms with E-state index in [9.17, 15) is 44.3 Å². The number of carbonyl (C=O) groups is 3. The number of fused-ring (bicyclic) bond motifs is 1. The summed E-state index contributed by atoms with van der Waals surface area (Å²) in [5.74, 6) is -6.40. The molecule has 3 aromatic carbocycles. The smallest absolute Gasteiger partial charge is 0.490 e. The second kappa shape index (κ2) is 19.7. The summed E-state index contributed by atoms with van der Waals surface area (Å²) in [5, 5.41) is 21.0. The minimum absolute atomic E-state index is 0.0559. The van der Waals surface area contributed by atoms with Gasteiger partial charge in [0.15, 0.2) is 11.6 Å². The number of imidazole rings is 1. The van der Waals surface area contributed by atoms with E-state index in [-0.39, 0.29) is 23.7 Å². The molecule has 59 heavy (non-hydrogen) atoms. The first-order valence-electron chi connectivity index (χ1n) is 16.9. The van der Waals surface area contributed by atoms with Gasteiger partial charge in [-0.05, 0) is 54.6 Å². The molecular weight excluding hydrogens is 814 g/mol. The number of aromatic nitrogens is 3. The van der Waals surface area contributed by atoms with Gasteiger partial charge >= 0.3 is 30.5 Å². The average molecular weight is 849 g/mol. The Morgan fingerprint density at radius 3 is 2.03 bits per heavy atom. The van der Waals surface area contributed by atoms with Crippen molar-refractivity contribution < 1.29 is 73.2 Å². The number of amides is 1. The molecule has 0 spiro atoms. The summed E-state index contributed by atoms with van der Waals surface area (Å²) in [6, 6.07) is 18.6. The number of benzene rings is 3. The van der Waals surface area contributed by atoms with E-state index in [0.717, 1.165) is 16.3 Å². The number of halogens is 10. The van der Waals surface area contributed by atoms with E-state index in [1.165, 1.54) is 4.57 Å². The number of aryl methyl sites for hydroxylation is 1. The van der Waals surface area contributed by atoms with Crippen molar-refractivity contribution in [2.45, 2.75) is 51.4 Å². The fourth-order valence-electron chi connectivity index (χ4n) is 5.04. The number of carbonyl (C=O) groups excluding carboxylic acids is 1. The fraction of sp³-hybridized carbons (Fsp3) is 0.270. The molecule has 22 heteroatoms. The summed E-state index contributed by atoms with van der Waals surface area (Å²) in [7, 11) is 0. The molecule has 5 aromatic rings. The number of pyridine rings is 1. The van der Waals surface area contributed by atoms with E-state index < -0.39 is 61.3 Å². The van der Waals surface area contributed by atoms with E-state index in [1.807, 2.05) is 48.6 Å². The lowest BCUT2D eigenvalue weighted by atomic mass is 9.99. The Morgan fingerprint density at radius 1 is 0.881 bits per heavy atom. The summed E-state index contributed by atoms with van der Waals surface area (Å²) >= 11 is 0. The SMILES string of the molecule is CCOc1cc(CC)cc(C(Nc2ccc3c(N)nccc3c2)c2nc(-c3ccccc3)cn2CC(=O)NCC(F)(F)F)c1F.O=C(O)C(F)(F)F.O=C(O)C(F)(F)F. The van der Waals surface area contributed by atoms with Gasteiger partial charge in [0.1, 0.15) is 30.8 Å². The molecule has 1 atom stereocenters. The number of nitrogen functional groups attached to an aromatic ring is 1. The minimum Gasteiger partial charge on any atom is -0.491 e. The molecule has 0 bridgehead atoms. The van der Waals surface area contributed by atoms with Crippen molar-refractivity contribution in [1.29, 1.82) is 0 Å². The number of carboxylic acid groups (broad SMARTS) is 2. The first-order chi connectivity index (χ1) is 27.4. The number of nitrogens with one attached hydrogen (secondary N) is 2. The monoisotopic (exact) mass is 848 g/mol. The Kier molecular flexibility index (Phi) is 15.6. The maximum Gasteiger partial charge on any atom is 0.490 e. The number of nitrogens with zero attached hydrogens (tertiary/aromatic N) is 3. The first kappa shape index (κ1) is 46.8. The lowest BCUT2D eigenvalue weighted by molar-refractivity contribution is -0.193. The number of hydrogen-bond acceptors (Lipinski definition) is 8. The Morgan fingerprint density at radius 2 is 1.49 bits per heavy atom. The van der Waals surface area contributed by atoms with Gasteiger partial charge in [-0.2, -0.15) is 39.5 Å². The lowest BCUT2D eigenvalue weighted by Gasteiger charge is -2.24. The normalized spacial score (nSPS) is 12.0. The van der Waals surface area contributed by atoms with Crippen LogP contribution in [0.2, 0.25) is 0 Å². The number of alkyl halides is 9. The molecule has 5 rings (SSSR count). The van der Waals surface area contributed by atoms with Crippen LogP contribution in [0.15, 0.2) is 79.1 Å². The largest absolute Gasteiger partial charge is 0.491 e. The maximum absolute atomic E-state index is 16.3. The summed E-state index contributed by atoms with van der Waals surface area (Å²) in [6.07, 6.45) is -11.0. The van der Waals surface area contributed by atoms with Gasteiger partial charge < -0.3 is 35.9 Å². The van der Waals surface area contributed by atoms with Crippen LogP contribution in [0.3, 0.4) is 0 Å². The van der Waals surface area contributed by atoms with Gasteiger partial charge in [-0.25, -0.2) is 23.9 Å². The van der Waals surface area contributed by atoms with E-state index in [1.54, 1.807) is 49.6 Å². The van der Waals surface area contributed by atoms with Crippen molar-refractivity contribution in [3.63, 3.8) is 0 Å². The van der Waals surface area contributed by atoms with E-state index in [4.69, 9.17) is 35.3 Å². The summed E-state index contributed by atoms with van der Waals surface area (Å²) in [5.41, 5.74) is 8.77. The molecule has 0 aliphatic rings. The zero-order valence-corrected chi connectivity index (χ0v) is 30.6. The molecule has 1 amide bonds. The quantitative estimate of drug-likeness (QED) is 0.0819. The molecule has 0 aliphatic carbocycles. The van der Waals surface area contributed by atoms with Crippen molar-refractivity contribution in [2.75, 3.05) is 24.2 Å². The molecule has 0 aliphatic heterocycles. The van der Waals surface area contributed by atoms with Crippen LogP contribution in [-0.4, -0.2) is 74.3 Å². The summed E-state index contributed by atoms with van der Waals surface area (Å²) in [6.45, 7) is 1.94. The molecule has 2 heterocycles. The van der Waals surface area contributed by atoms with Crippen LogP contribution < -0.4 is 21.1 Å². The molecule has 6 N–H and O–H groups in total. The Labute approximate surface area is 327 Å². The van der Waals surface area contributed by atoms with Crippen molar-refractivity contribution in [1.82, 2.24) is 19.9 Å². The number of nitrogens with two attached hydrogens (primary N) is 1. The molecule has 1 unspecified atom stereocenters. The molecular formula is C37H34F10N6O6. The highest BCUT2D eigenvalue weighted by molar-refractivity contribution is 5.93. The third kappa shape index (κ3) is 13.8. The Hall–Kier alpha value is -6.61. The van der Waals surface area contributed by atoms with Crippen LogP contribution >= 0.6 is 0 Å². The average Bonchev–Trinajstić information content (AvgIpc) is 3.57. The number of ether oxygens (including phenoxy) is 1. The van der Waals surface area contributed by atoms with Crippen LogP contribution in [0.4, 0.5) is 55.4 Å². The van der Waals surface area contributed by atoms with Gasteiger partial charge in [-0.1, -0.05) is 43.3 Å². The van der Waals surface area contributed by atoms with Crippen LogP contribution in [0.5, 0.6) is 5.75 Å². The second-order valence-electron chi connectivity index (χ2n) is 12.0. The molecule has 0 radical (unpaired) electrons. The van der Waals surface area contributed by atoms with Crippen LogP contribution in [0.25, 0.3) is 22.0 Å². The summed E-state index contributed by atoms with van der Waals surface area (Å²) in [4.78, 5) is 39.5. The number of aliphatic carboxylic acids is 2. The van der Waals surface area contributed by atoms with Crippen molar-refractivity contribution in [3.05, 3.63) is 102 Å². The van der Waals surface area contributed by atoms with Crippen molar-refractivity contribution in [2.24, 2.45) is 0 Å². The Balaban J connectivity index is 0.000000569. The standard InChI is InChI=1S/C33H32F4N6O2.2C2HF3O2/c1-3-20-14-25(29(34)27(15-20)45-4-2)30(41-23-10-11-24-22(16-23)12-13-39-31(24)38)32-42-26(21-8-6-5-7-9-21)17-43(32)18-28(44)40-19-33(35,36)37;2*3-2(4,5)1(6)7/h5-17,30,41H,3-4,18-19H2,1-2H3,(H2,38,39)(H,40,44);2*(H,6,7). The number of rotatable bonds is 11. The van der Waals surface area contributed by atoms with Crippen molar-refractivity contribution in [3.8, 4) is 17.0 Å². The van der Waals surface area contributed by atoms with Crippen LogP contribution in [-0.2, 0) is 27.3 Å². The molecule has 12 nitrogen and oxygen atoms in total. The molecule has 0 saturated carbocycles. The zero-order valence-electron chi connectivity index (χ0n) is 30.6. The van der Waals surface area contributed by atoms with Crippen LogP contribution in [0.1, 0.15) is 36.8 Å². The lowest BCUT2D eigenvalue weighted by Crippen LogP contribution is -2.36. The molecule has 0 fully saturated rings. The zero-order chi connectivity index (χ0) is 44.3. The third-order valence-electron chi connectivity index (χ3n) is 7.67. The first-order valence-corrected chi connectivity index (χ1v) is 16.9. The van der Waals surface area contributed by atoms with Gasteiger partial charge in [0.05, 0.1) is 12.3 Å². The highest BCUT2D eigenvalue weighted by Crippen LogP contribution is 2.36. The van der Waals surface area contributed by atoms with Gasteiger partial charge in [0.25, 0.3) is 0 Å². The van der Waals surface area contributed by atoms with Crippen LogP contribution in [0, 0.1) is 5.82 Å². The van der Waals surface area contributed by atoms with Gasteiger partial charge in [0, 0.05) is 34.6 Å². The van der Waals surface area contributed by atoms with E-state index in [0.29, 0.717) is 29.2 Å². The highest BCUT2D eigenvalue weighted by Gasteiger charge is 2.39. The van der Waals surface area contributed by atoms with E-state index in [2.05, 4.69) is 10.3 Å². The summed E-state index contributed by atoms with van der Waals surface area (Å²) < 4.78 is 125. The van der Waals surface area contributed by atoms with E-state index >= 15 is 4.39 Å². The second-order valence-corrected chi connectivity index (χ2v) is 12.0. The number of anilines is 2. The maximum atomic E-state index is 16.3. The predicted octanol–water partition coefficient (Wildman–Crippen LogP) is 7.93.